The zero-order valence-electron chi connectivity index (χ0n) is 17.4. The molecule has 0 bridgehead atoms. The van der Waals surface area contributed by atoms with Crippen LogP contribution >= 0.6 is 0 Å². The van der Waals surface area contributed by atoms with Crippen molar-refractivity contribution in [2.75, 3.05) is 18.8 Å². The number of hydrogen-bond donors (Lipinski definition) is 2. The number of aryl methyl sites for hydroxylation is 2. The first kappa shape index (κ1) is 21.5. The minimum Gasteiger partial charge on any atom is -0.346 e. The van der Waals surface area contributed by atoms with Gasteiger partial charge in [0, 0.05) is 50.0 Å². The summed E-state index contributed by atoms with van der Waals surface area (Å²) in [6, 6.07) is 11.4. The smallest absolute Gasteiger partial charge is 0.300 e. The Bertz CT molecular complexity index is 1160. The Morgan fingerprint density at radius 1 is 1.23 bits per heavy atom. The van der Waals surface area contributed by atoms with Crippen LogP contribution in [0.15, 0.2) is 48.7 Å². The van der Waals surface area contributed by atoms with E-state index in [9.17, 15) is 13.2 Å². The van der Waals surface area contributed by atoms with Gasteiger partial charge in [-0.05, 0) is 42.3 Å². The van der Waals surface area contributed by atoms with Gasteiger partial charge in [0.15, 0.2) is 0 Å². The fraction of sp³-hybridized carbons (Fsp3) is 0.238. The van der Waals surface area contributed by atoms with Gasteiger partial charge in [-0.2, -0.15) is 8.42 Å². The lowest BCUT2D eigenvalue weighted by Gasteiger charge is -2.17. The zero-order chi connectivity index (χ0) is 21.9. The highest BCUT2D eigenvalue weighted by Crippen LogP contribution is 2.25. The number of fused-ring (bicyclic) bond motifs is 1. The standard InChI is InChI=1S/C21H25N5O3S/c1-15-17-7-5-6-8-18(17)26(4)19(15)14-25(3)21(27)12-10-16-9-11-20(23-13-16)24-30(28,29)22-2/h5-13,22H,14H2,1-4H3,(H,23,24)/b12-10+. The topological polar surface area (TPSA) is 96.3 Å². The highest BCUT2D eigenvalue weighted by molar-refractivity contribution is 7.90. The summed E-state index contributed by atoms with van der Waals surface area (Å²) in [5.74, 6) is 0.0517. The Hall–Kier alpha value is -3.17. The molecule has 0 spiro atoms. The second-order valence-electron chi connectivity index (χ2n) is 6.96. The highest BCUT2D eigenvalue weighted by Gasteiger charge is 2.15. The van der Waals surface area contributed by atoms with Gasteiger partial charge in [-0.1, -0.05) is 18.2 Å². The summed E-state index contributed by atoms with van der Waals surface area (Å²) in [5.41, 5.74) is 4.08. The van der Waals surface area contributed by atoms with Crippen LogP contribution in [-0.4, -0.2) is 42.9 Å². The second kappa shape index (κ2) is 8.68. The van der Waals surface area contributed by atoms with Crippen LogP contribution in [-0.2, 0) is 28.6 Å². The van der Waals surface area contributed by atoms with Gasteiger partial charge < -0.3 is 9.47 Å². The van der Waals surface area contributed by atoms with E-state index >= 15 is 0 Å². The molecule has 8 nitrogen and oxygen atoms in total. The molecule has 30 heavy (non-hydrogen) atoms. The van der Waals surface area contributed by atoms with Crippen molar-refractivity contribution in [3.05, 3.63) is 65.5 Å². The molecule has 2 heterocycles. The minimum absolute atomic E-state index is 0.139. The van der Waals surface area contributed by atoms with Crippen molar-refractivity contribution < 1.29 is 13.2 Å². The Morgan fingerprint density at radius 2 is 1.97 bits per heavy atom. The molecule has 2 aromatic heterocycles. The van der Waals surface area contributed by atoms with E-state index in [-0.39, 0.29) is 11.7 Å². The monoisotopic (exact) mass is 427 g/mol. The number of amides is 1. The van der Waals surface area contributed by atoms with Crippen LogP contribution in [0.1, 0.15) is 16.8 Å². The molecule has 2 N–H and O–H groups in total. The van der Waals surface area contributed by atoms with Gasteiger partial charge >= 0.3 is 0 Å². The first-order chi connectivity index (χ1) is 14.2. The molecule has 0 aliphatic carbocycles. The number of anilines is 1. The third kappa shape index (κ3) is 4.69. The molecule has 158 valence electrons. The van der Waals surface area contributed by atoms with Gasteiger partial charge in [0.2, 0.25) is 5.91 Å². The Morgan fingerprint density at radius 3 is 2.60 bits per heavy atom. The molecule has 0 saturated carbocycles. The number of para-hydroxylation sites is 1. The number of hydrogen-bond acceptors (Lipinski definition) is 4. The molecule has 3 rings (SSSR count). The number of pyridine rings is 1. The molecule has 0 saturated heterocycles. The third-order valence-corrected chi connectivity index (χ3v) is 6.00. The first-order valence-corrected chi connectivity index (χ1v) is 10.8. The van der Waals surface area contributed by atoms with Crippen LogP contribution in [0.25, 0.3) is 17.0 Å². The predicted octanol–water partition coefficient (Wildman–Crippen LogP) is 2.43. The van der Waals surface area contributed by atoms with E-state index in [0.29, 0.717) is 12.1 Å². The summed E-state index contributed by atoms with van der Waals surface area (Å²) in [5, 5.41) is 1.19. The molecule has 9 heteroatoms. The third-order valence-electron chi connectivity index (χ3n) is 4.98. The van der Waals surface area contributed by atoms with Crippen molar-refractivity contribution in [3.8, 4) is 0 Å². The Labute approximate surface area is 176 Å². The van der Waals surface area contributed by atoms with E-state index in [0.717, 1.165) is 11.2 Å². The first-order valence-electron chi connectivity index (χ1n) is 9.35. The maximum atomic E-state index is 12.6. The van der Waals surface area contributed by atoms with Crippen molar-refractivity contribution in [1.82, 2.24) is 19.2 Å². The zero-order valence-corrected chi connectivity index (χ0v) is 18.2. The maximum Gasteiger partial charge on any atom is 0.300 e. The summed E-state index contributed by atoms with van der Waals surface area (Å²) < 4.78 is 29.5. The molecular weight excluding hydrogens is 402 g/mol. The summed E-state index contributed by atoms with van der Waals surface area (Å²) in [7, 11) is 1.46. The summed E-state index contributed by atoms with van der Waals surface area (Å²) >= 11 is 0. The van der Waals surface area contributed by atoms with E-state index < -0.39 is 10.2 Å². The van der Waals surface area contributed by atoms with Gasteiger partial charge in [0.25, 0.3) is 10.2 Å². The van der Waals surface area contributed by atoms with Crippen molar-refractivity contribution in [2.24, 2.45) is 7.05 Å². The molecule has 0 aliphatic rings. The van der Waals surface area contributed by atoms with Crippen molar-refractivity contribution >= 4 is 38.9 Å². The largest absolute Gasteiger partial charge is 0.346 e. The predicted molar refractivity (Wildman–Crippen MR) is 119 cm³/mol. The summed E-state index contributed by atoms with van der Waals surface area (Å²) in [4.78, 5) is 18.3. The number of nitrogens with one attached hydrogen (secondary N) is 2. The summed E-state index contributed by atoms with van der Waals surface area (Å²) in [6.07, 6.45) is 4.62. The molecule has 3 aromatic rings. The molecule has 1 aromatic carbocycles. The molecule has 0 radical (unpaired) electrons. The van der Waals surface area contributed by atoms with Gasteiger partial charge in [-0.3, -0.25) is 9.52 Å². The maximum absolute atomic E-state index is 12.6. The average Bonchev–Trinajstić information content (AvgIpc) is 2.98. The lowest BCUT2D eigenvalue weighted by atomic mass is 10.1. The van der Waals surface area contributed by atoms with E-state index in [1.54, 1.807) is 24.1 Å². The van der Waals surface area contributed by atoms with Crippen LogP contribution in [0.4, 0.5) is 5.82 Å². The van der Waals surface area contributed by atoms with E-state index in [4.69, 9.17) is 0 Å². The van der Waals surface area contributed by atoms with Crippen molar-refractivity contribution in [2.45, 2.75) is 13.5 Å². The number of carbonyl (C=O) groups is 1. The number of carbonyl (C=O) groups excluding carboxylic acids is 1. The number of rotatable bonds is 7. The van der Waals surface area contributed by atoms with E-state index in [2.05, 4.69) is 38.1 Å². The van der Waals surface area contributed by atoms with E-state index in [1.165, 1.54) is 36.3 Å². The number of benzene rings is 1. The fourth-order valence-electron chi connectivity index (χ4n) is 3.21. The molecule has 0 aliphatic heterocycles. The van der Waals surface area contributed by atoms with Crippen LogP contribution in [0.5, 0.6) is 0 Å². The molecular formula is C21H25N5O3S. The van der Waals surface area contributed by atoms with Gasteiger partial charge in [0.1, 0.15) is 5.82 Å². The van der Waals surface area contributed by atoms with Crippen LogP contribution in [0.3, 0.4) is 0 Å². The molecule has 0 fully saturated rings. The van der Waals surface area contributed by atoms with Gasteiger partial charge in [-0.15, -0.1) is 0 Å². The molecule has 0 atom stereocenters. The van der Waals surface area contributed by atoms with Gasteiger partial charge in [-0.25, -0.2) is 9.71 Å². The molecule has 0 unspecified atom stereocenters. The van der Waals surface area contributed by atoms with Crippen LogP contribution in [0.2, 0.25) is 0 Å². The Kier molecular flexibility index (Phi) is 6.23. The summed E-state index contributed by atoms with van der Waals surface area (Å²) in [6.45, 7) is 2.56. The number of likely N-dealkylation sites (N-methyl/N-ethyl adjacent to an activating group) is 1. The highest BCUT2D eigenvalue weighted by atomic mass is 32.2. The normalized spacial score (nSPS) is 11.9. The van der Waals surface area contributed by atoms with Crippen molar-refractivity contribution in [1.29, 1.82) is 0 Å². The lowest BCUT2D eigenvalue weighted by molar-refractivity contribution is -0.125. The number of nitrogens with zero attached hydrogens (tertiary/aromatic N) is 3. The van der Waals surface area contributed by atoms with Gasteiger partial charge in [0.05, 0.1) is 6.54 Å². The molecule has 1 amide bonds. The van der Waals surface area contributed by atoms with E-state index in [1.807, 2.05) is 19.2 Å². The minimum atomic E-state index is -3.61. The quantitative estimate of drug-likeness (QED) is 0.566. The lowest BCUT2D eigenvalue weighted by Crippen LogP contribution is -2.26. The SMILES string of the molecule is CNS(=O)(=O)Nc1ccc(/C=C/C(=O)N(C)Cc2c(C)c3ccccc3n2C)cn1. The van der Waals surface area contributed by atoms with Crippen LogP contribution < -0.4 is 9.44 Å². The Balaban J connectivity index is 1.68. The fourth-order valence-corrected chi connectivity index (χ4v) is 3.71. The number of aromatic nitrogens is 2. The van der Waals surface area contributed by atoms with Crippen molar-refractivity contribution in [3.63, 3.8) is 0 Å². The second-order valence-corrected chi connectivity index (χ2v) is 8.58. The van der Waals surface area contributed by atoms with Crippen LogP contribution in [0, 0.1) is 6.92 Å². The average molecular weight is 428 g/mol.